The average molecular weight is 441 g/mol. The Morgan fingerprint density at radius 2 is 2.04 bits per heavy atom. The van der Waals surface area contributed by atoms with Crippen LogP contribution in [0.1, 0.15) is 6.92 Å². The SMILES string of the molecule is CSc1nnc(NC(=O)[C@H](C)N(c2cc(Cl)ccc2Cl)S(C)(=O)=O)s1. The highest BCUT2D eigenvalue weighted by Crippen LogP contribution is 2.32. The number of carbonyl (C=O) groups is 1. The Morgan fingerprint density at radius 1 is 1.36 bits per heavy atom. The summed E-state index contributed by atoms with van der Waals surface area (Å²) < 4.78 is 26.1. The van der Waals surface area contributed by atoms with Crippen LogP contribution < -0.4 is 9.62 Å². The van der Waals surface area contributed by atoms with Crippen LogP contribution in [0.5, 0.6) is 0 Å². The molecular formula is C13H14Cl2N4O3S3. The largest absolute Gasteiger partial charge is 0.299 e. The quantitative estimate of drug-likeness (QED) is 0.546. The van der Waals surface area contributed by atoms with Crippen molar-refractivity contribution >= 4 is 73.0 Å². The minimum absolute atomic E-state index is 0.126. The van der Waals surface area contributed by atoms with E-state index in [-0.39, 0.29) is 15.8 Å². The molecule has 7 nitrogen and oxygen atoms in total. The molecule has 1 aromatic heterocycles. The highest BCUT2D eigenvalue weighted by molar-refractivity contribution is 8.00. The second-order valence-electron chi connectivity index (χ2n) is 4.90. The fourth-order valence-corrected chi connectivity index (χ4v) is 4.76. The third kappa shape index (κ3) is 4.98. The zero-order valence-corrected chi connectivity index (χ0v) is 17.3. The molecule has 1 heterocycles. The van der Waals surface area contributed by atoms with Gasteiger partial charge in [-0.2, -0.15) is 0 Å². The second-order valence-corrected chi connectivity index (χ2v) is 9.63. The van der Waals surface area contributed by atoms with E-state index in [9.17, 15) is 13.2 Å². The van der Waals surface area contributed by atoms with Gasteiger partial charge < -0.3 is 0 Å². The van der Waals surface area contributed by atoms with Gasteiger partial charge in [0.2, 0.25) is 21.1 Å². The number of amides is 1. The number of thioether (sulfide) groups is 1. The van der Waals surface area contributed by atoms with Crippen molar-refractivity contribution in [3.05, 3.63) is 28.2 Å². The van der Waals surface area contributed by atoms with Gasteiger partial charge in [-0.05, 0) is 31.4 Å². The van der Waals surface area contributed by atoms with E-state index >= 15 is 0 Å². The molecule has 1 atom stereocenters. The molecule has 0 aliphatic carbocycles. The van der Waals surface area contributed by atoms with Crippen molar-refractivity contribution in [1.82, 2.24) is 10.2 Å². The topological polar surface area (TPSA) is 92.3 Å². The first-order valence-electron chi connectivity index (χ1n) is 6.76. The van der Waals surface area contributed by atoms with Crippen molar-refractivity contribution in [1.29, 1.82) is 0 Å². The summed E-state index contributed by atoms with van der Waals surface area (Å²) in [4.78, 5) is 12.5. The van der Waals surface area contributed by atoms with Crippen molar-refractivity contribution in [2.45, 2.75) is 17.3 Å². The molecule has 2 rings (SSSR count). The fourth-order valence-electron chi connectivity index (χ4n) is 1.99. The lowest BCUT2D eigenvalue weighted by Gasteiger charge is -2.28. The summed E-state index contributed by atoms with van der Waals surface area (Å²) in [6.45, 7) is 1.45. The lowest BCUT2D eigenvalue weighted by molar-refractivity contribution is -0.116. The highest BCUT2D eigenvalue weighted by atomic mass is 35.5. The Labute approximate surface area is 163 Å². The van der Waals surface area contributed by atoms with Crippen LogP contribution in [0.2, 0.25) is 10.0 Å². The number of nitrogens with one attached hydrogen (secondary N) is 1. The average Bonchev–Trinajstić information content (AvgIpc) is 2.97. The number of carbonyl (C=O) groups excluding carboxylic acids is 1. The van der Waals surface area contributed by atoms with Gasteiger partial charge in [0.15, 0.2) is 4.34 Å². The number of hydrogen-bond acceptors (Lipinski definition) is 7. The number of anilines is 2. The maximum Gasteiger partial charge on any atom is 0.249 e. The van der Waals surface area contributed by atoms with Crippen LogP contribution in [-0.2, 0) is 14.8 Å². The van der Waals surface area contributed by atoms with Gasteiger partial charge in [0.1, 0.15) is 6.04 Å². The van der Waals surface area contributed by atoms with Gasteiger partial charge in [0.05, 0.1) is 17.0 Å². The van der Waals surface area contributed by atoms with Gasteiger partial charge in [-0.3, -0.25) is 14.4 Å². The molecular weight excluding hydrogens is 427 g/mol. The maximum absolute atomic E-state index is 12.5. The lowest BCUT2D eigenvalue weighted by Crippen LogP contribution is -2.45. The number of aromatic nitrogens is 2. The summed E-state index contributed by atoms with van der Waals surface area (Å²) in [6, 6.07) is 3.32. The van der Waals surface area contributed by atoms with Gasteiger partial charge in [0.25, 0.3) is 0 Å². The van der Waals surface area contributed by atoms with Gasteiger partial charge in [-0.25, -0.2) is 8.42 Å². The van der Waals surface area contributed by atoms with Gasteiger partial charge >= 0.3 is 0 Å². The molecule has 1 N–H and O–H groups in total. The standard InChI is InChI=1S/C13H14Cl2N4O3S3/c1-7(11(20)16-12-17-18-13(23-2)24-12)19(25(3,21)22)10-6-8(14)4-5-9(10)15/h4-7H,1-3H3,(H,16,17,20)/t7-/m0/s1. The first kappa shape index (κ1) is 20.2. The van der Waals surface area contributed by atoms with E-state index in [0.29, 0.717) is 9.36 Å². The Hall–Kier alpha value is -1.07. The van der Waals surface area contributed by atoms with Crippen molar-refractivity contribution in [3.8, 4) is 0 Å². The Morgan fingerprint density at radius 3 is 2.60 bits per heavy atom. The molecule has 0 bridgehead atoms. The predicted molar refractivity (Wildman–Crippen MR) is 104 cm³/mol. The molecule has 0 saturated carbocycles. The normalized spacial score (nSPS) is 12.7. The summed E-state index contributed by atoms with van der Waals surface area (Å²) in [5.74, 6) is -0.565. The molecule has 2 aromatic rings. The Bertz CT molecular complexity index is 888. The lowest BCUT2D eigenvalue weighted by atomic mass is 10.2. The van der Waals surface area contributed by atoms with Crippen molar-refractivity contribution < 1.29 is 13.2 Å². The maximum atomic E-state index is 12.5. The number of sulfonamides is 1. The summed E-state index contributed by atoms with van der Waals surface area (Å²) in [6.07, 6.45) is 2.83. The second kappa shape index (κ2) is 8.09. The summed E-state index contributed by atoms with van der Waals surface area (Å²) in [7, 11) is -3.80. The number of nitrogens with zero attached hydrogens (tertiary/aromatic N) is 3. The molecule has 0 unspecified atom stereocenters. The minimum Gasteiger partial charge on any atom is -0.299 e. The van der Waals surface area contributed by atoms with E-state index in [1.54, 1.807) is 0 Å². The molecule has 1 amide bonds. The van der Waals surface area contributed by atoms with Crippen molar-refractivity contribution in [2.24, 2.45) is 0 Å². The zero-order valence-electron chi connectivity index (χ0n) is 13.4. The van der Waals surface area contributed by atoms with Crippen LogP contribution in [0, 0.1) is 0 Å². The Balaban J connectivity index is 2.34. The van der Waals surface area contributed by atoms with Crippen LogP contribution in [0.3, 0.4) is 0 Å². The molecule has 0 radical (unpaired) electrons. The molecule has 0 saturated heterocycles. The number of hydrogen-bond donors (Lipinski definition) is 1. The van der Waals surface area contributed by atoms with E-state index in [0.717, 1.165) is 10.6 Å². The first-order chi connectivity index (χ1) is 11.6. The van der Waals surface area contributed by atoms with Crippen LogP contribution in [0.15, 0.2) is 22.5 Å². The van der Waals surface area contributed by atoms with E-state index in [2.05, 4.69) is 15.5 Å². The number of halogens is 2. The molecule has 0 spiro atoms. The fraction of sp³-hybridized carbons (Fsp3) is 0.308. The molecule has 136 valence electrons. The molecule has 0 fully saturated rings. The van der Waals surface area contributed by atoms with Gasteiger partial charge in [0, 0.05) is 5.02 Å². The molecule has 0 aliphatic heterocycles. The number of benzene rings is 1. The summed E-state index contributed by atoms with van der Waals surface area (Å²) in [5, 5.41) is 11.0. The van der Waals surface area contributed by atoms with E-state index in [1.807, 2.05) is 6.26 Å². The molecule has 1 aromatic carbocycles. The van der Waals surface area contributed by atoms with Gasteiger partial charge in [-0.1, -0.05) is 46.3 Å². The summed E-state index contributed by atoms with van der Waals surface area (Å²) >= 11 is 14.6. The third-order valence-electron chi connectivity index (χ3n) is 3.05. The highest BCUT2D eigenvalue weighted by Gasteiger charge is 2.31. The minimum atomic E-state index is -3.80. The van der Waals surface area contributed by atoms with Crippen molar-refractivity contribution in [3.63, 3.8) is 0 Å². The monoisotopic (exact) mass is 440 g/mol. The van der Waals surface area contributed by atoms with E-state index in [4.69, 9.17) is 23.2 Å². The zero-order chi connectivity index (χ0) is 18.8. The van der Waals surface area contributed by atoms with E-state index < -0.39 is 22.0 Å². The van der Waals surface area contributed by atoms with Crippen LogP contribution >= 0.6 is 46.3 Å². The molecule has 0 aliphatic rings. The number of rotatable bonds is 6. The van der Waals surface area contributed by atoms with Gasteiger partial charge in [-0.15, -0.1) is 10.2 Å². The van der Waals surface area contributed by atoms with Crippen LogP contribution in [-0.4, -0.2) is 43.1 Å². The van der Waals surface area contributed by atoms with Crippen LogP contribution in [0.25, 0.3) is 0 Å². The molecule has 12 heteroatoms. The Kier molecular flexibility index (Phi) is 6.55. The van der Waals surface area contributed by atoms with Crippen molar-refractivity contribution in [2.75, 3.05) is 22.1 Å². The first-order valence-corrected chi connectivity index (χ1v) is 11.4. The molecule has 25 heavy (non-hydrogen) atoms. The predicted octanol–water partition coefficient (Wildman–Crippen LogP) is 3.36. The van der Waals surface area contributed by atoms with Crippen LogP contribution in [0.4, 0.5) is 10.8 Å². The smallest absolute Gasteiger partial charge is 0.249 e. The third-order valence-corrected chi connectivity index (χ3v) is 6.64. The summed E-state index contributed by atoms with van der Waals surface area (Å²) in [5.41, 5.74) is 0.126. The van der Waals surface area contributed by atoms with E-state index in [1.165, 1.54) is 48.2 Å².